The lowest BCUT2D eigenvalue weighted by molar-refractivity contribution is -0.386. The highest BCUT2D eigenvalue weighted by molar-refractivity contribution is 7.89. The third-order valence-corrected chi connectivity index (χ3v) is 7.32. The first kappa shape index (κ1) is 25.6. The van der Waals surface area contributed by atoms with E-state index in [4.69, 9.17) is 9.47 Å². The van der Waals surface area contributed by atoms with Crippen molar-refractivity contribution in [3.05, 3.63) is 63.7 Å². The number of aryl methyl sites for hydroxylation is 1. The lowest BCUT2D eigenvalue weighted by atomic mass is 10.1. The molecule has 0 unspecified atom stereocenters. The second-order valence-electron chi connectivity index (χ2n) is 7.99. The molecule has 0 N–H and O–H groups in total. The highest BCUT2D eigenvalue weighted by Crippen LogP contribution is 2.31. The highest BCUT2D eigenvalue weighted by atomic mass is 32.2. The van der Waals surface area contributed by atoms with E-state index in [-0.39, 0.29) is 42.9 Å². The average molecular weight is 492 g/mol. The number of hydrogen-bond acceptors (Lipinski definition) is 7. The molecule has 10 nitrogen and oxygen atoms in total. The maximum absolute atomic E-state index is 12.8. The van der Waals surface area contributed by atoms with E-state index in [1.165, 1.54) is 16.4 Å². The number of ether oxygens (including phenoxy) is 2. The molecular weight excluding hydrogens is 462 g/mol. The summed E-state index contributed by atoms with van der Waals surface area (Å²) in [5.74, 6) is -0.479. The molecule has 0 bridgehead atoms. The van der Waals surface area contributed by atoms with Crippen LogP contribution in [0.3, 0.4) is 0 Å². The summed E-state index contributed by atoms with van der Waals surface area (Å²) in [5.41, 5.74) is 1.57. The van der Waals surface area contributed by atoms with Crippen molar-refractivity contribution in [3.8, 4) is 5.75 Å². The largest absolute Gasteiger partial charge is 0.477 e. The van der Waals surface area contributed by atoms with Gasteiger partial charge in [0.2, 0.25) is 10.0 Å². The van der Waals surface area contributed by atoms with Crippen LogP contribution in [0.2, 0.25) is 0 Å². The van der Waals surface area contributed by atoms with Crippen molar-refractivity contribution in [2.75, 3.05) is 39.5 Å². The molecule has 2 aromatic carbocycles. The Bertz CT molecular complexity index is 1110. The molecule has 3 rings (SSSR count). The third-order valence-electron chi connectivity index (χ3n) is 5.43. The lowest BCUT2D eigenvalue weighted by Crippen LogP contribution is -2.40. The molecule has 1 fully saturated rings. The van der Waals surface area contributed by atoms with E-state index in [9.17, 15) is 23.3 Å². The SMILES string of the molecule is CCCN(Cc1ccc(C)cc1)C(=O)COc1ccc(S(=O)(=O)N2CCOCC2)cc1[N+](=O)[O-]. The van der Waals surface area contributed by atoms with Crippen LogP contribution < -0.4 is 4.74 Å². The molecule has 1 heterocycles. The zero-order valence-corrected chi connectivity index (χ0v) is 20.1. The Labute approximate surface area is 199 Å². The third kappa shape index (κ3) is 6.31. The second-order valence-corrected chi connectivity index (χ2v) is 9.93. The molecule has 1 saturated heterocycles. The fourth-order valence-corrected chi connectivity index (χ4v) is 4.99. The summed E-state index contributed by atoms with van der Waals surface area (Å²) in [6.07, 6.45) is 0.742. The monoisotopic (exact) mass is 491 g/mol. The normalized spacial score (nSPS) is 14.5. The molecule has 0 radical (unpaired) electrons. The van der Waals surface area contributed by atoms with E-state index in [2.05, 4.69) is 0 Å². The van der Waals surface area contributed by atoms with Gasteiger partial charge in [-0.25, -0.2) is 8.42 Å². The maximum atomic E-state index is 12.8. The first-order valence-corrected chi connectivity index (χ1v) is 12.5. The van der Waals surface area contributed by atoms with Crippen LogP contribution in [0.15, 0.2) is 47.4 Å². The van der Waals surface area contributed by atoms with Crippen molar-refractivity contribution in [3.63, 3.8) is 0 Å². The van der Waals surface area contributed by atoms with Crippen LogP contribution in [-0.2, 0) is 26.1 Å². The first-order chi connectivity index (χ1) is 16.2. The zero-order chi connectivity index (χ0) is 24.7. The summed E-state index contributed by atoms with van der Waals surface area (Å²) in [4.78, 5) is 25.2. The molecule has 0 saturated carbocycles. The number of rotatable bonds is 10. The van der Waals surface area contributed by atoms with Crippen LogP contribution in [0.1, 0.15) is 24.5 Å². The summed E-state index contributed by atoms with van der Waals surface area (Å²) in [6, 6.07) is 11.3. The van der Waals surface area contributed by atoms with Crippen LogP contribution in [-0.4, -0.2) is 67.9 Å². The van der Waals surface area contributed by atoms with Crippen LogP contribution in [0.4, 0.5) is 5.69 Å². The van der Waals surface area contributed by atoms with Gasteiger partial charge in [0, 0.05) is 32.2 Å². The molecule has 34 heavy (non-hydrogen) atoms. The lowest BCUT2D eigenvalue weighted by Gasteiger charge is -2.26. The number of amides is 1. The van der Waals surface area contributed by atoms with E-state index < -0.39 is 27.2 Å². The predicted molar refractivity (Wildman–Crippen MR) is 125 cm³/mol. The zero-order valence-electron chi connectivity index (χ0n) is 19.3. The molecular formula is C23H29N3O7S. The van der Waals surface area contributed by atoms with E-state index in [0.717, 1.165) is 23.6 Å². The minimum Gasteiger partial charge on any atom is -0.477 e. The van der Waals surface area contributed by atoms with E-state index in [0.29, 0.717) is 13.1 Å². The minimum absolute atomic E-state index is 0.161. The molecule has 0 aromatic heterocycles. The molecule has 0 aliphatic carbocycles. The smallest absolute Gasteiger partial charge is 0.312 e. The topological polar surface area (TPSA) is 119 Å². The van der Waals surface area contributed by atoms with Crippen LogP contribution >= 0.6 is 0 Å². The van der Waals surface area contributed by atoms with Gasteiger partial charge in [0.15, 0.2) is 12.4 Å². The fourth-order valence-electron chi connectivity index (χ4n) is 3.56. The van der Waals surface area contributed by atoms with Gasteiger partial charge in [0.05, 0.1) is 23.0 Å². The maximum Gasteiger partial charge on any atom is 0.312 e. The van der Waals surface area contributed by atoms with Crippen molar-refractivity contribution in [2.45, 2.75) is 31.7 Å². The van der Waals surface area contributed by atoms with Gasteiger partial charge in [0.25, 0.3) is 5.91 Å². The number of nitrogens with zero attached hydrogens (tertiary/aromatic N) is 3. The fraction of sp³-hybridized carbons (Fsp3) is 0.435. The van der Waals surface area contributed by atoms with Crippen molar-refractivity contribution >= 4 is 21.6 Å². The Balaban J connectivity index is 1.74. The molecule has 184 valence electrons. The summed E-state index contributed by atoms with van der Waals surface area (Å²) in [7, 11) is -3.91. The second kappa shape index (κ2) is 11.4. The molecule has 1 aliphatic heterocycles. The summed E-state index contributed by atoms with van der Waals surface area (Å²) in [6.45, 7) is 5.33. The van der Waals surface area contributed by atoms with Gasteiger partial charge in [-0.3, -0.25) is 14.9 Å². The number of sulfonamides is 1. The number of carbonyl (C=O) groups is 1. The molecule has 2 aromatic rings. The number of nitro benzene ring substituents is 1. The van der Waals surface area contributed by atoms with Crippen molar-refractivity contribution in [1.29, 1.82) is 0 Å². The van der Waals surface area contributed by atoms with E-state index >= 15 is 0 Å². The molecule has 0 spiro atoms. The Morgan fingerprint density at radius 3 is 2.47 bits per heavy atom. The molecule has 11 heteroatoms. The Hall–Kier alpha value is -3.02. The number of nitro groups is 1. The van der Waals surface area contributed by atoms with Gasteiger partial charge in [-0.15, -0.1) is 0 Å². The van der Waals surface area contributed by atoms with Crippen molar-refractivity contribution < 1.29 is 27.6 Å². The van der Waals surface area contributed by atoms with Crippen LogP contribution in [0.5, 0.6) is 5.75 Å². The van der Waals surface area contributed by atoms with E-state index in [1.807, 2.05) is 38.1 Å². The Morgan fingerprint density at radius 1 is 1.18 bits per heavy atom. The number of carbonyl (C=O) groups excluding carboxylic acids is 1. The first-order valence-electron chi connectivity index (χ1n) is 11.0. The van der Waals surface area contributed by atoms with Crippen LogP contribution in [0.25, 0.3) is 0 Å². The highest BCUT2D eigenvalue weighted by Gasteiger charge is 2.29. The standard InChI is InChI=1S/C23H29N3O7S/c1-3-10-24(16-19-6-4-18(2)5-7-19)23(27)17-33-22-9-8-20(15-21(22)26(28)29)34(30,31)25-11-13-32-14-12-25/h4-9,15H,3,10-14,16-17H2,1-2H3. The quantitative estimate of drug-likeness (QED) is 0.370. The number of hydrogen-bond donors (Lipinski definition) is 0. The Morgan fingerprint density at radius 2 is 1.85 bits per heavy atom. The molecule has 1 amide bonds. The van der Waals surface area contributed by atoms with Crippen molar-refractivity contribution in [2.24, 2.45) is 0 Å². The average Bonchev–Trinajstić information content (AvgIpc) is 2.84. The molecule has 1 aliphatic rings. The summed E-state index contributed by atoms with van der Waals surface area (Å²) < 4.78 is 37.6. The van der Waals surface area contributed by atoms with E-state index in [1.54, 1.807) is 4.90 Å². The predicted octanol–water partition coefficient (Wildman–Crippen LogP) is 2.74. The Kier molecular flexibility index (Phi) is 8.59. The van der Waals surface area contributed by atoms with Gasteiger partial charge in [-0.05, 0) is 31.0 Å². The van der Waals surface area contributed by atoms with Crippen molar-refractivity contribution in [1.82, 2.24) is 9.21 Å². The number of benzene rings is 2. The minimum atomic E-state index is -3.91. The molecule has 0 atom stereocenters. The summed E-state index contributed by atoms with van der Waals surface area (Å²) in [5, 5.41) is 11.6. The number of morpholine rings is 1. The van der Waals surface area contributed by atoms with Gasteiger partial charge in [-0.1, -0.05) is 36.8 Å². The van der Waals surface area contributed by atoms with Gasteiger partial charge >= 0.3 is 5.69 Å². The van der Waals surface area contributed by atoms with Gasteiger partial charge in [0.1, 0.15) is 0 Å². The van der Waals surface area contributed by atoms with Crippen LogP contribution in [0, 0.1) is 17.0 Å². The van der Waals surface area contributed by atoms with Gasteiger partial charge < -0.3 is 14.4 Å². The summed E-state index contributed by atoms with van der Waals surface area (Å²) >= 11 is 0. The van der Waals surface area contributed by atoms with Gasteiger partial charge in [-0.2, -0.15) is 4.31 Å².